The van der Waals surface area contributed by atoms with Crippen LogP contribution in [0.3, 0.4) is 0 Å². The molecule has 0 spiro atoms. The molecule has 0 radical (unpaired) electrons. The molecular formula is C11H17N3OS. The van der Waals surface area contributed by atoms with Crippen LogP contribution in [0.4, 0.5) is 0 Å². The Kier molecular flexibility index (Phi) is 2.49. The lowest BCUT2D eigenvalue weighted by atomic mass is 9.91. The summed E-state index contributed by atoms with van der Waals surface area (Å²) >= 11 is 1.52. The maximum absolute atomic E-state index is 9.88. The summed E-state index contributed by atoms with van der Waals surface area (Å²) in [5.74, 6) is 2.14. The first-order valence-corrected chi connectivity index (χ1v) is 6.66. The zero-order valence-electron chi connectivity index (χ0n) is 9.63. The molecule has 2 bridgehead atoms. The average molecular weight is 239 g/mol. The van der Waals surface area contributed by atoms with Crippen LogP contribution in [-0.2, 0) is 0 Å². The Morgan fingerprint density at radius 2 is 2.19 bits per heavy atom. The molecular weight excluding hydrogens is 222 g/mol. The molecule has 2 fully saturated rings. The summed E-state index contributed by atoms with van der Waals surface area (Å²) in [6.07, 6.45) is -0.162. The fourth-order valence-electron chi connectivity index (χ4n) is 2.75. The van der Waals surface area contributed by atoms with E-state index in [0.29, 0.717) is 17.8 Å². The predicted octanol–water partition coefficient (Wildman–Crippen LogP) is 1.05. The molecule has 2 aliphatic heterocycles. The van der Waals surface area contributed by atoms with Crippen molar-refractivity contribution < 1.29 is 5.11 Å². The molecule has 2 saturated heterocycles. The molecule has 4 atom stereocenters. The van der Waals surface area contributed by atoms with Crippen LogP contribution in [0, 0.1) is 5.92 Å². The Morgan fingerprint density at radius 1 is 1.38 bits per heavy atom. The van der Waals surface area contributed by atoms with Crippen LogP contribution >= 0.6 is 11.5 Å². The number of rotatable bonds is 2. The second-order valence-corrected chi connectivity index (χ2v) is 5.99. The quantitative estimate of drug-likeness (QED) is 0.838. The van der Waals surface area contributed by atoms with Crippen LogP contribution in [-0.4, -0.2) is 45.1 Å². The highest BCUT2D eigenvalue weighted by Gasteiger charge is 2.46. The molecule has 16 heavy (non-hydrogen) atoms. The van der Waals surface area contributed by atoms with E-state index >= 15 is 0 Å². The van der Waals surface area contributed by atoms with Gasteiger partial charge in [-0.2, -0.15) is 4.37 Å². The highest BCUT2D eigenvalue weighted by molar-refractivity contribution is 7.05. The summed E-state index contributed by atoms with van der Waals surface area (Å²) in [4.78, 5) is 6.94. The van der Waals surface area contributed by atoms with Gasteiger partial charge in [-0.3, -0.25) is 4.90 Å². The zero-order valence-corrected chi connectivity index (χ0v) is 10.4. The fourth-order valence-corrected chi connectivity index (χ4v) is 3.70. The van der Waals surface area contributed by atoms with E-state index in [1.165, 1.54) is 11.5 Å². The molecule has 1 aromatic rings. The van der Waals surface area contributed by atoms with E-state index < -0.39 is 0 Å². The lowest BCUT2D eigenvalue weighted by molar-refractivity contribution is 0.106. The van der Waals surface area contributed by atoms with Crippen LogP contribution in [0.25, 0.3) is 0 Å². The number of aliphatic hydroxyl groups excluding tert-OH is 1. The van der Waals surface area contributed by atoms with E-state index in [0.717, 1.165) is 30.5 Å². The Labute approximate surface area is 99.5 Å². The highest BCUT2D eigenvalue weighted by atomic mass is 32.1. The first-order valence-electron chi connectivity index (χ1n) is 5.89. The molecule has 3 heterocycles. The second-order valence-electron chi connectivity index (χ2n) is 5.20. The minimum Gasteiger partial charge on any atom is -0.391 e. The molecule has 0 aliphatic carbocycles. The Hall–Kier alpha value is -0.520. The van der Waals surface area contributed by atoms with E-state index in [1.54, 1.807) is 0 Å². The SMILES string of the molecule is CC(C)c1nsc(C2CN3CC(O)C2C3)n1. The summed E-state index contributed by atoms with van der Waals surface area (Å²) in [6, 6.07) is 0. The monoisotopic (exact) mass is 239 g/mol. The van der Waals surface area contributed by atoms with Crippen molar-refractivity contribution in [2.75, 3.05) is 19.6 Å². The van der Waals surface area contributed by atoms with Gasteiger partial charge in [0, 0.05) is 37.4 Å². The van der Waals surface area contributed by atoms with Gasteiger partial charge >= 0.3 is 0 Å². The van der Waals surface area contributed by atoms with Gasteiger partial charge < -0.3 is 5.11 Å². The number of nitrogens with zero attached hydrogens (tertiary/aromatic N) is 3. The van der Waals surface area contributed by atoms with Gasteiger partial charge in [-0.15, -0.1) is 0 Å². The molecule has 1 aromatic heterocycles. The van der Waals surface area contributed by atoms with Gasteiger partial charge in [-0.25, -0.2) is 4.98 Å². The Balaban J connectivity index is 1.82. The maximum Gasteiger partial charge on any atom is 0.145 e. The number of aromatic nitrogens is 2. The number of aliphatic hydroxyl groups is 1. The van der Waals surface area contributed by atoms with Crippen LogP contribution in [0.15, 0.2) is 0 Å². The van der Waals surface area contributed by atoms with Crippen molar-refractivity contribution in [3.05, 3.63) is 10.8 Å². The summed E-state index contributed by atoms with van der Waals surface area (Å²) in [7, 11) is 0. The zero-order chi connectivity index (χ0) is 11.3. The molecule has 0 amide bonds. The molecule has 1 N–H and O–H groups in total. The standard InChI is InChI=1S/C11H17N3OS/c1-6(2)10-12-11(16-13-10)8-4-14-3-7(8)9(15)5-14/h6-9,15H,3-5H2,1-2H3. The summed E-state index contributed by atoms with van der Waals surface area (Å²) in [6.45, 7) is 7.16. The third kappa shape index (κ3) is 1.58. The molecule has 4 unspecified atom stereocenters. The van der Waals surface area contributed by atoms with Crippen LogP contribution < -0.4 is 0 Å². The van der Waals surface area contributed by atoms with Gasteiger partial charge in [0.15, 0.2) is 0 Å². The van der Waals surface area contributed by atoms with Gasteiger partial charge in [0.2, 0.25) is 0 Å². The van der Waals surface area contributed by atoms with Crippen molar-refractivity contribution in [2.45, 2.75) is 31.8 Å². The molecule has 3 rings (SSSR count). The summed E-state index contributed by atoms with van der Waals surface area (Å²) in [5.41, 5.74) is 0. The van der Waals surface area contributed by atoms with Gasteiger partial charge in [-0.1, -0.05) is 13.8 Å². The number of fused-ring (bicyclic) bond motifs is 2. The Morgan fingerprint density at radius 3 is 2.75 bits per heavy atom. The number of hydrogen-bond acceptors (Lipinski definition) is 5. The molecule has 4 nitrogen and oxygen atoms in total. The van der Waals surface area contributed by atoms with Gasteiger partial charge in [0.25, 0.3) is 0 Å². The molecule has 88 valence electrons. The van der Waals surface area contributed by atoms with Crippen molar-refractivity contribution in [3.63, 3.8) is 0 Å². The van der Waals surface area contributed by atoms with Crippen molar-refractivity contribution >= 4 is 11.5 Å². The topological polar surface area (TPSA) is 49.2 Å². The normalized spacial score (nSPS) is 37.5. The second kappa shape index (κ2) is 3.75. The number of piperidine rings is 1. The number of hydrogen-bond donors (Lipinski definition) is 1. The van der Waals surface area contributed by atoms with Crippen molar-refractivity contribution in [1.82, 2.24) is 14.3 Å². The maximum atomic E-state index is 9.88. The first kappa shape index (κ1) is 10.6. The Bertz CT molecular complexity index is 392. The molecule has 5 heteroatoms. The van der Waals surface area contributed by atoms with Crippen molar-refractivity contribution in [2.24, 2.45) is 5.92 Å². The molecule has 0 aromatic carbocycles. The lowest BCUT2D eigenvalue weighted by Gasteiger charge is -2.24. The van der Waals surface area contributed by atoms with E-state index in [2.05, 4.69) is 28.1 Å². The predicted molar refractivity (Wildman–Crippen MR) is 62.7 cm³/mol. The van der Waals surface area contributed by atoms with Crippen LogP contribution in [0.1, 0.15) is 36.5 Å². The van der Waals surface area contributed by atoms with E-state index in [4.69, 9.17) is 0 Å². The van der Waals surface area contributed by atoms with Crippen molar-refractivity contribution in [1.29, 1.82) is 0 Å². The van der Waals surface area contributed by atoms with Gasteiger partial charge in [0.05, 0.1) is 6.10 Å². The summed E-state index contributed by atoms with van der Waals surface area (Å²) in [5, 5.41) is 11.0. The molecule has 2 aliphatic rings. The summed E-state index contributed by atoms with van der Waals surface area (Å²) < 4.78 is 4.40. The van der Waals surface area contributed by atoms with E-state index in [9.17, 15) is 5.11 Å². The third-order valence-electron chi connectivity index (χ3n) is 3.67. The largest absolute Gasteiger partial charge is 0.391 e. The van der Waals surface area contributed by atoms with Gasteiger partial charge in [-0.05, 0) is 11.5 Å². The minimum atomic E-state index is -0.162. The van der Waals surface area contributed by atoms with E-state index in [1.807, 2.05) is 0 Å². The minimum absolute atomic E-state index is 0.162. The van der Waals surface area contributed by atoms with Gasteiger partial charge in [0.1, 0.15) is 10.8 Å². The third-order valence-corrected chi connectivity index (χ3v) is 4.53. The first-order chi connectivity index (χ1) is 7.65. The lowest BCUT2D eigenvalue weighted by Crippen LogP contribution is -2.32. The van der Waals surface area contributed by atoms with E-state index in [-0.39, 0.29) is 6.10 Å². The highest BCUT2D eigenvalue weighted by Crippen LogP contribution is 2.40. The van der Waals surface area contributed by atoms with Crippen LogP contribution in [0.5, 0.6) is 0 Å². The fraction of sp³-hybridized carbons (Fsp3) is 0.818. The van der Waals surface area contributed by atoms with Crippen molar-refractivity contribution in [3.8, 4) is 0 Å². The van der Waals surface area contributed by atoms with Crippen LogP contribution in [0.2, 0.25) is 0 Å². The molecule has 0 saturated carbocycles. The average Bonchev–Trinajstić information content (AvgIpc) is 2.89. The smallest absolute Gasteiger partial charge is 0.145 e.